The fourth-order valence-electron chi connectivity index (χ4n) is 0.768. The van der Waals surface area contributed by atoms with Crippen LogP contribution >= 0.6 is 23.2 Å². The van der Waals surface area contributed by atoms with Gasteiger partial charge in [-0.25, -0.2) is 9.97 Å². The van der Waals surface area contributed by atoms with Gasteiger partial charge in [0, 0.05) is 12.4 Å². The number of rotatable bonds is 4. The van der Waals surface area contributed by atoms with Gasteiger partial charge in [-0.3, -0.25) is 0 Å². The maximum atomic E-state index is 5.83. The second-order valence-electron chi connectivity index (χ2n) is 2.86. The summed E-state index contributed by atoms with van der Waals surface area (Å²) in [7, 11) is 0. The van der Waals surface area contributed by atoms with Crippen LogP contribution in [0.5, 0.6) is 0 Å². The highest BCUT2D eigenvalue weighted by atomic mass is 35.5. The summed E-state index contributed by atoms with van der Waals surface area (Å²) in [5.41, 5.74) is 0. The Morgan fingerprint density at radius 2 is 2.38 bits per heavy atom. The molecule has 3 nitrogen and oxygen atoms in total. The highest BCUT2D eigenvalue weighted by Gasteiger charge is 2.03. The summed E-state index contributed by atoms with van der Waals surface area (Å²) in [5, 5.41) is 3.63. The van der Waals surface area contributed by atoms with Gasteiger partial charge in [0.2, 0.25) is 0 Å². The first-order valence-corrected chi connectivity index (χ1v) is 4.90. The summed E-state index contributed by atoms with van der Waals surface area (Å²) in [6, 6.07) is 0. The highest BCUT2D eigenvalue weighted by molar-refractivity contribution is 6.32. The van der Waals surface area contributed by atoms with Crippen molar-refractivity contribution in [2.75, 3.05) is 17.7 Å². The minimum Gasteiger partial charge on any atom is -0.368 e. The van der Waals surface area contributed by atoms with Gasteiger partial charge in [-0.15, -0.1) is 11.6 Å². The van der Waals surface area contributed by atoms with Crippen LogP contribution in [0.3, 0.4) is 0 Å². The number of nitrogens with one attached hydrogen (secondary N) is 1. The fourth-order valence-corrected chi connectivity index (χ4v) is 1.05. The zero-order valence-electron chi connectivity index (χ0n) is 7.30. The molecule has 0 saturated carbocycles. The molecule has 0 spiro atoms. The van der Waals surface area contributed by atoms with E-state index in [9.17, 15) is 0 Å². The summed E-state index contributed by atoms with van der Waals surface area (Å²) in [4.78, 5) is 7.77. The number of aromatic nitrogens is 2. The summed E-state index contributed by atoms with van der Waals surface area (Å²) in [6.45, 7) is 2.81. The van der Waals surface area contributed by atoms with Crippen LogP contribution in [0.4, 0.5) is 5.82 Å². The monoisotopic (exact) mass is 219 g/mol. The summed E-state index contributed by atoms with van der Waals surface area (Å²) in [6.07, 6.45) is 3.02. The smallest absolute Gasteiger partial charge is 0.148 e. The molecule has 1 N–H and O–H groups in total. The van der Waals surface area contributed by atoms with E-state index in [0.29, 0.717) is 22.6 Å². The van der Waals surface area contributed by atoms with Crippen LogP contribution in [0, 0.1) is 5.92 Å². The quantitative estimate of drug-likeness (QED) is 0.791. The first-order chi connectivity index (χ1) is 6.24. The minimum absolute atomic E-state index is 0.396. The van der Waals surface area contributed by atoms with Crippen LogP contribution in [0.2, 0.25) is 5.02 Å². The van der Waals surface area contributed by atoms with Gasteiger partial charge < -0.3 is 5.32 Å². The Labute approximate surface area is 87.5 Å². The van der Waals surface area contributed by atoms with Crippen molar-refractivity contribution in [3.05, 3.63) is 17.5 Å². The number of alkyl halides is 1. The average molecular weight is 220 g/mol. The number of hydrogen-bond donors (Lipinski definition) is 1. The molecule has 0 radical (unpaired) electrons. The molecule has 0 aliphatic carbocycles. The lowest BCUT2D eigenvalue weighted by Gasteiger charge is -2.09. The second kappa shape index (κ2) is 5.25. The van der Waals surface area contributed by atoms with E-state index in [-0.39, 0.29) is 0 Å². The van der Waals surface area contributed by atoms with E-state index >= 15 is 0 Å². The average Bonchev–Trinajstić information content (AvgIpc) is 2.16. The van der Waals surface area contributed by atoms with Gasteiger partial charge in [0.15, 0.2) is 0 Å². The fraction of sp³-hybridized carbons (Fsp3) is 0.500. The molecule has 0 amide bonds. The Morgan fingerprint density at radius 1 is 1.62 bits per heavy atom. The van der Waals surface area contributed by atoms with Crippen LogP contribution in [0.1, 0.15) is 6.92 Å². The molecule has 0 aromatic carbocycles. The van der Waals surface area contributed by atoms with Crippen molar-refractivity contribution in [3.8, 4) is 0 Å². The lowest BCUT2D eigenvalue weighted by atomic mass is 10.2. The van der Waals surface area contributed by atoms with Crippen LogP contribution in [-0.4, -0.2) is 22.4 Å². The molecule has 1 aromatic rings. The lowest BCUT2D eigenvalue weighted by molar-refractivity contribution is 0.694. The third-order valence-electron chi connectivity index (χ3n) is 1.55. The Bertz CT molecular complexity index is 267. The SMILES string of the molecule is CC(CCl)CNc1ncncc1Cl. The van der Waals surface area contributed by atoms with Crippen molar-refractivity contribution in [2.24, 2.45) is 5.92 Å². The molecule has 1 rings (SSSR count). The van der Waals surface area contributed by atoms with Gasteiger partial charge in [-0.05, 0) is 5.92 Å². The normalized spacial score (nSPS) is 12.5. The Hall–Kier alpha value is -0.540. The van der Waals surface area contributed by atoms with Crippen molar-refractivity contribution < 1.29 is 0 Å². The largest absolute Gasteiger partial charge is 0.368 e. The molecule has 1 aromatic heterocycles. The molecule has 13 heavy (non-hydrogen) atoms. The van der Waals surface area contributed by atoms with Gasteiger partial charge >= 0.3 is 0 Å². The van der Waals surface area contributed by atoms with Gasteiger partial charge in [-0.2, -0.15) is 0 Å². The maximum Gasteiger partial charge on any atom is 0.148 e. The van der Waals surface area contributed by atoms with Crippen LogP contribution in [0.15, 0.2) is 12.5 Å². The van der Waals surface area contributed by atoms with Crippen molar-refractivity contribution >= 4 is 29.0 Å². The van der Waals surface area contributed by atoms with E-state index in [1.807, 2.05) is 0 Å². The third-order valence-corrected chi connectivity index (χ3v) is 2.35. The predicted octanol–water partition coefficient (Wildman–Crippen LogP) is 2.42. The van der Waals surface area contributed by atoms with Crippen LogP contribution in [-0.2, 0) is 0 Å². The summed E-state index contributed by atoms with van der Waals surface area (Å²) in [5.74, 6) is 1.68. The van der Waals surface area contributed by atoms with E-state index < -0.39 is 0 Å². The molecular formula is C8H11Cl2N3. The zero-order chi connectivity index (χ0) is 9.68. The molecule has 1 unspecified atom stereocenters. The molecule has 0 saturated heterocycles. The Balaban J connectivity index is 2.50. The predicted molar refractivity (Wildman–Crippen MR) is 55.4 cm³/mol. The maximum absolute atomic E-state index is 5.83. The standard InChI is InChI=1S/C8H11Cl2N3/c1-6(2-9)3-12-8-7(10)4-11-5-13-8/h4-6H,2-3H2,1H3,(H,11,12,13). The molecule has 1 heterocycles. The van der Waals surface area contributed by atoms with Crippen molar-refractivity contribution in [3.63, 3.8) is 0 Å². The second-order valence-corrected chi connectivity index (χ2v) is 3.58. The van der Waals surface area contributed by atoms with E-state index in [0.717, 1.165) is 6.54 Å². The molecule has 0 bridgehead atoms. The van der Waals surface area contributed by atoms with Crippen LogP contribution in [0.25, 0.3) is 0 Å². The molecule has 5 heteroatoms. The zero-order valence-corrected chi connectivity index (χ0v) is 8.81. The van der Waals surface area contributed by atoms with Gasteiger partial charge in [0.25, 0.3) is 0 Å². The summed E-state index contributed by atoms with van der Waals surface area (Å²) < 4.78 is 0. The van der Waals surface area contributed by atoms with Crippen molar-refractivity contribution in [1.29, 1.82) is 0 Å². The number of nitrogens with zero attached hydrogens (tertiary/aromatic N) is 2. The number of anilines is 1. The van der Waals surface area contributed by atoms with Gasteiger partial charge in [0.1, 0.15) is 17.2 Å². The Kier molecular flexibility index (Phi) is 4.25. The summed E-state index contributed by atoms with van der Waals surface area (Å²) >= 11 is 11.5. The minimum atomic E-state index is 0.396. The molecular weight excluding hydrogens is 209 g/mol. The first kappa shape index (κ1) is 10.5. The number of hydrogen-bond acceptors (Lipinski definition) is 3. The first-order valence-electron chi connectivity index (χ1n) is 3.99. The highest BCUT2D eigenvalue weighted by Crippen LogP contribution is 2.16. The molecule has 72 valence electrons. The third kappa shape index (κ3) is 3.36. The Morgan fingerprint density at radius 3 is 3.00 bits per heavy atom. The van der Waals surface area contributed by atoms with Gasteiger partial charge in [0.05, 0.1) is 6.20 Å². The van der Waals surface area contributed by atoms with E-state index in [4.69, 9.17) is 23.2 Å². The molecule has 1 atom stereocenters. The van der Waals surface area contributed by atoms with Crippen molar-refractivity contribution in [2.45, 2.75) is 6.92 Å². The lowest BCUT2D eigenvalue weighted by Crippen LogP contribution is -2.13. The van der Waals surface area contributed by atoms with Crippen LogP contribution < -0.4 is 5.32 Å². The topological polar surface area (TPSA) is 37.8 Å². The number of halogens is 2. The molecule has 0 aliphatic rings. The van der Waals surface area contributed by atoms with Crippen molar-refractivity contribution in [1.82, 2.24) is 9.97 Å². The van der Waals surface area contributed by atoms with E-state index in [2.05, 4.69) is 22.2 Å². The van der Waals surface area contributed by atoms with E-state index in [1.54, 1.807) is 6.20 Å². The molecule has 0 aliphatic heterocycles. The van der Waals surface area contributed by atoms with Gasteiger partial charge in [-0.1, -0.05) is 18.5 Å². The molecule has 0 fully saturated rings. The van der Waals surface area contributed by atoms with E-state index in [1.165, 1.54) is 6.33 Å².